The molecule has 144 valence electrons. The summed E-state index contributed by atoms with van der Waals surface area (Å²) in [6.07, 6.45) is 0. The standard InChI is InChI=1S/C22H16N2O5/c25-22(26)15-3-1-2-14(9-15)21-24-17-6-5-16(10-19(17)29-21)23-11-13-4-7-18-20(8-13)28-12-27-18/h1-10,23H,11-12H2,(H,25,26). The van der Waals surface area contributed by atoms with Crippen LogP contribution in [0.4, 0.5) is 5.69 Å². The molecule has 1 aliphatic rings. The Kier molecular flexibility index (Phi) is 4.05. The summed E-state index contributed by atoms with van der Waals surface area (Å²) in [5.41, 5.74) is 4.09. The molecule has 2 N–H and O–H groups in total. The molecular weight excluding hydrogens is 372 g/mol. The number of carboxylic acid groups (broad SMARTS) is 1. The Hall–Kier alpha value is -4.00. The quantitative estimate of drug-likeness (QED) is 0.519. The molecule has 0 spiro atoms. The van der Waals surface area contributed by atoms with Crippen LogP contribution in [0.25, 0.3) is 22.6 Å². The second-order valence-corrected chi connectivity index (χ2v) is 6.63. The summed E-state index contributed by atoms with van der Waals surface area (Å²) in [7, 11) is 0. The summed E-state index contributed by atoms with van der Waals surface area (Å²) in [6.45, 7) is 0.871. The monoisotopic (exact) mass is 388 g/mol. The average molecular weight is 388 g/mol. The zero-order valence-electron chi connectivity index (χ0n) is 15.2. The van der Waals surface area contributed by atoms with Crippen molar-refractivity contribution in [3.63, 3.8) is 0 Å². The maximum Gasteiger partial charge on any atom is 0.335 e. The summed E-state index contributed by atoms with van der Waals surface area (Å²) in [6, 6.07) is 18.0. The summed E-state index contributed by atoms with van der Waals surface area (Å²) < 4.78 is 16.6. The van der Waals surface area contributed by atoms with Crippen LogP contribution in [0.5, 0.6) is 11.5 Å². The van der Waals surface area contributed by atoms with E-state index in [1.165, 1.54) is 6.07 Å². The Labute approximate surface area is 165 Å². The summed E-state index contributed by atoms with van der Waals surface area (Å²) in [5.74, 6) is 0.911. The van der Waals surface area contributed by atoms with Gasteiger partial charge in [0.05, 0.1) is 5.56 Å². The maximum absolute atomic E-state index is 11.2. The van der Waals surface area contributed by atoms with Crippen LogP contribution in [-0.2, 0) is 6.54 Å². The molecule has 2 heterocycles. The molecule has 0 bridgehead atoms. The molecular formula is C22H16N2O5. The molecule has 0 atom stereocenters. The number of ether oxygens (including phenoxy) is 2. The molecule has 0 fully saturated rings. The minimum absolute atomic E-state index is 0.191. The van der Waals surface area contributed by atoms with Crippen LogP contribution in [0.15, 0.2) is 65.1 Å². The first-order chi connectivity index (χ1) is 14.2. The zero-order chi connectivity index (χ0) is 19.8. The van der Waals surface area contributed by atoms with Gasteiger partial charge in [0.15, 0.2) is 17.1 Å². The number of nitrogens with zero attached hydrogens (tertiary/aromatic N) is 1. The van der Waals surface area contributed by atoms with Crippen LogP contribution < -0.4 is 14.8 Å². The fourth-order valence-corrected chi connectivity index (χ4v) is 3.20. The van der Waals surface area contributed by atoms with E-state index in [2.05, 4.69) is 10.3 Å². The third-order valence-corrected chi connectivity index (χ3v) is 4.68. The van der Waals surface area contributed by atoms with Gasteiger partial charge < -0.3 is 24.3 Å². The summed E-state index contributed by atoms with van der Waals surface area (Å²) >= 11 is 0. The van der Waals surface area contributed by atoms with E-state index in [0.29, 0.717) is 29.1 Å². The van der Waals surface area contributed by atoms with Crippen molar-refractivity contribution >= 4 is 22.8 Å². The Balaban J connectivity index is 1.37. The van der Waals surface area contributed by atoms with Crippen molar-refractivity contribution in [2.24, 2.45) is 0 Å². The number of hydrogen-bond donors (Lipinski definition) is 2. The Bertz CT molecular complexity index is 1230. The van der Waals surface area contributed by atoms with Gasteiger partial charge in [0.1, 0.15) is 5.52 Å². The van der Waals surface area contributed by atoms with Gasteiger partial charge in [-0.1, -0.05) is 12.1 Å². The first-order valence-electron chi connectivity index (χ1n) is 9.02. The van der Waals surface area contributed by atoms with E-state index in [4.69, 9.17) is 19.0 Å². The number of benzene rings is 3. The third kappa shape index (κ3) is 3.34. The van der Waals surface area contributed by atoms with Crippen LogP contribution >= 0.6 is 0 Å². The number of aromatic carboxylic acids is 1. The van der Waals surface area contributed by atoms with E-state index in [1.807, 2.05) is 36.4 Å². The van der Waals surface area contributed by atoms with E-state index >= 15 is 0 Å². The highest BCUT2D eigenvalue weighted by molar-refractivity contribution is 5.89. The number of hydrogen-bond acceptors (Lipinski definition) is 6. The molecule has 7 heteroatoms. The molecule has 1 aromatic heterocycles. The first-order valence-corrected chi connectivity index (χ1v) is 9.02. The summed E-state index contributed by atoms with van der Waals surface area (Å²) in [4.78, 5) is 15.6. The number of oxazole rings is 1. The van der Waals surface area contributed by atoms with Crippen molar-refractivity contribution in [1.82, 2.24) is 4.98 Å². The highest BCUT2D eigenvalue weighted by Crippen LogP contribution is 2.33. The molecule has 0 saturated heterocycles. The van der Waals surface area contributed by atoms with E-state index in [0.717, 1.165) is 22.7 Å². The Morgan fingerprint density at radius 3 is 2.83 bits per heavy atom. The number of fused-ring (bicyclic) bond motifs is 2. The molecule has 7 nitrogen and oxygen atoms in total. The number of carboxylic acids is 1. The van der Waals surface area contributed by atoms with Crippen molar-refractivity contribution in [3.8, 4) is 23.0 Å². The van der Waals surface area contributed by atoms with Crippen LogP contribution in [-0.4, -0.2) is 22.9 Å². The van der Waals surface area contributed by atoms with Crippen molar-refractivity contribution in [2.45, 2.75) is 6.54 Å². The van der Waals surface area contributed by atoms with Gasteiger partial charge in [-0.25, -0.2) is 9.78 Å². The molecule has 4 aromatic rings. The Morgan fingerprint density at radius 1 is 1.03 bits per heavy atom. The zero-order valence-corrected chi connectivity index (χ0v) is 15.2. The minimum atomic E-state index is -0.988. The van der Waals surface area contributed by atoms with E-state index < -0.39 is 5.97 Å². The van der Waals surface area contributed by atoms with Crippen molar-refractivity contribution in [2.75, 3.05) is 12.1 Å². The molecule has 0 aliphatic carbocycles. The van der Waals surface area contributed by atoms with Gasteiger partial charge in [-0.15, -0.1) is 0 Å². The topological polar surface area (TPSA) is 93.8 Å². The lowest BCUT2D eigenvalue weighted by Gasteiger charge is -2.07. The van der Waals surface area contributed by atoms with Crippen molar-refractivity contribution in [3.05, 3.63) is 71.8 Å². The van der Waals surface area contributed by atoms with Gasteiger partial charge in [-0.3, -0.25) is 0 Å². The number of aromatic nitrogens is 1. The molecule has 29 heavy (non-hydrogen) atoms. The number of rotatable bonds is 5. The fraction of sp³-hybridized carbons (Fsp3) is 0.0909. The van der Waals surface area contributed by atoms with E-state index in [-0.39, 0.29) is 12.4 Å². The second-order valence-electron chi connectivity index (χ2n) is 6.63. The third-order valence-electron chi connectivity index (χ3n) is 4.68. The van der Waals surface area contributed by atoms with E-state index in [1.54, 1.807) is 18.2 Å². The molecule has 5 rings (SSSR count). The highest BCUT2D eigenvalue weighted by Gasteiger charge is 2.14. The number of anilines is 1. The van der Waals surface area contributed by atoms with Gasteiger partial charge in [-0.05, 0) is 48.0 Å². The lowest BCUT2D eigenvalue weighted by atomic mass is 10.1. The SMILES string of the molecule is O=C(O)c1cccc(-c2nc3ccc(NCc4ccc5c(c4)OCO5)cc3o2)c1. The average Bonchev–Trinajstić information content (AvgIpc) is 3.38. The Morgan fingerprint density at radius 2 is 1.93 bits per heavy atom. The fourth-order valence-electron chi connectivity index (χ4n) is 3.20. The predicted octanol–water partition coefficient (Wildman–Crippen LogP) is 4.53. The smallest absolute Gasteiger partial charge is 0.335 e. The van der Waals surface area contributed by atoms with Crippen molar-refractivity contribution in [1.29, 1.82) is 0 Å². The molecule has 3 aromatic carbocycles. The number of carbonyl (C=O) groups is 1. The molecule has 0 unspecified atom stereocenters. The summed E-state index contributed by atoms with van der Waals surface area (Å²) in [5, 5.41) is 12.5. The van der Waals surface area contributed by atoms with Gasteiger partial charge in [0.2, 0.25) is 12.7 Å². The lowest BCUT2D eigenvalue weighted by molar-refractivity contribution is 0.0697. The largest absolute Gasteiger partial charge is 0.478 e. The van der Waals surface area contributed by atoms with Gasteiger partial charge in [0, 0.05) is 23.9 Å². The molecule has 0 amide bonds. The van der Waals surface area contributed by atoms with Crippen LogP contribution in [0.1, 0.15) is 15.9 Å². The van der Waals surface area contributed by atoms with Gasteiger partial charge in [-0.2, -0.15) is 0 Å². The number of nitrogens with one attached hydrogen (secondary N) is 1. The molecule has 0 radical (unpaired) electrons. The van der Waals surface area contributed by atoms with Crippen LogP contribution in [0.3, 0.4) is 0 Å². The van der Waals surface area contributed by atoms with Gasteiger partial charge in [0.25, 0.3) is 0 Å². The first kappa shape index (κ1) is 17.1. The highest BCUT2D eigenvalue weighted by atomic mass is 16.7. The van der Waals surface area contributed by atoms with Crippen LogP contribution in [0, 0.1) is 0 Å². The predicted molar refractivity (Wildman–Crippen MR) is 106 cm³/mol. The van der Waals surface area contributed by atoms with Crippen molar-refractivity contribution < 1.29 is 23.8 Å². The second kappa shape index (κ2) is 6.87. The molecule has 0 saturated carbocycles. The maximum atomic E-state index is 11.2. The molecule has 1 aliphatic heterocycles. The van der Waals surface area contributed by atoms with Crippen LogP contribution in [0.2, 0.25) is 0 Å². The van der Waals surface area contributed by atoms with Gasteiger partial charge >= 0.3 is 5.97 Å². The lowest BCUT2D eigenvalue weighted by Crippen LogP contribution is -1.99. The van der Waals surface area contributed by atoms with E-state index in [9.17, 15) is 4.79 Å². The minimum Gasteiger partial charge on any atom is -0.478 e. The normalized spacial score (nSPS) is 12.3.